The van der Waals surface area contributed by atoms with Crippen molar-refractivity contribution in [3.63, 3.8) is 0 Å². The lowest BCUT2D eigenvalue weighted by molar-refractivity contribution is 0.253. The van der Waals surface area contributed by atoms with Gasteiger partial charge in [0.05, 0.1) is 22.4 Å². The summed E-state index contributed by atoms with van der Waals surface area (Å²) in [5.74, 6) is 11.1. The van der Waals surface area contributed by atoms with Crippen LogP contribution in [0.15, 0.2) is 41.3 Å². The van der Waals surface area contributed by atoms with E-state index in [1.54, 1.807) is 6.07 Å². The number of aromatic nitrogens is 1. The molecule has 0 radical (unpaired) electrons. The van der Waals surface area contributed by atoms with Crippen molar-refractivity contribution in [1.29, 1.82) is 0 Å². The van der Waals surface area contributed by atoms with Crippen molar-refractivity contribution in [3.05, 3.63) is 36.4 Å². The third kappa shape index (κ3) is 3.37. The number of amides is 4. The molecular formula is C15H15N7O5S. The Hall–Kier alpha value is -3.52. The molecule has 4 amide bonds. The maximum atomic E-state index is 11.8. The lowest BCUT2D eigenvalue weighted by Gasteiger charge is -2.17. The Morgan fingerprint density at radius 1 is 0.893 bits per heavy atom. The van der Waals surface area contributed by atoms with E-state index in [-0.39, 0.29) is 22.3 Å². The molecule has 1 heterocycles. The minimum atomic E-state index is -4.68. The average molecular weight is 405 g/mol. The fraction of sp³-hybridized carbons (Fsp3) is 0. The third-order valence-corrected chi connectivity index (χ3v) is 4.86. The molecule has 12 nitrogen and oxygen atoms in total. The zero-order valence-corrected chi connectivity index (χ0v) is 14.9. The van der Waals surface area contributed by atoms with Crippen molar-refractivity contribution in [2.75, 3.05) is 10.0 Å². The number of nitrogens with zero attached hydrogens (tertiary/aromatic N) is 3. The molecule has 0 aliphatic carbocycles. The molecule has 0 aliphatic heterocycles. The van der Waals surface area contributed by atoms with E-state index in [0.29, 0.717) is 20.9 Å². The monoisotopic (exact) mass is 405 g/mol. The van der Waals surface area contributed by atoms with Gasteiger partial charge in [-0.05, 0) is 30.3 Å². The van der Waals surface area contributed by atoms with Crippen molar-refractivity contribution in [1.82, 2.24) is 4.98 Å². The van der Waals surface area contributed by atoms with Crippen LogP contribution in [0.4, 0.5) is 21.0 Å². The number of hydrogen-bond acceptors (Lipinski definition) is 7. The van der Waals surface area contributed by atoms with Crippen LogP contribution >= 0.6 is 0 Å². The normalized spacial score (nSPS) is 11.5. The number of carbonyl (C=O) groups is 2. The molecule has 3 rings (SSSR count). The molecule has 9 N–H and O–H groups in total. The van der Waals surface area contributed by atoms with Gasteiger partial charge in [-0.1, -0.05) is 6.07 Å². The van der Waals surface area contributed by atoms with Gasteiger partial charge in [0.1, 0.15) is 4.90 Å². The number of hydrazine groups is 2. The molecule has 0 aliphatic rings. The Bertz CT molecular complexity index is 1240. The molecule has 0 spiro atoms. The summed E-state index contributed by atoms with van der Waals surface area (Å²) >= 11 is 0. The van der Waals surface area contributed by atoms with Crippen LogP contribution in [-0.2, 0) is 10.1 Å². The lowest BCUT2D eigenvalue weighted by atomic mass is 10.1. The van der Waals surface area contributed by atoms with E-state index < -0.39 is 27.1 Å². The summed E-state index contributed by atoms with van der Waals surface area (Å²) < 4.78 is 33.2. The van der Waals surface area contributed by atoms with Crippen molar-refractivity contribution in [2.45, 2.75) is 4.90 Å². The smallest absolute Gasteiger partial charge is 0.333 e. The second-order valence-electron chi connectivity index (χ2n) is 5.77. The summed E-state index contributed by atoms with van der Waals surface area (Å²) in [4.78, 5) is 26.4. The minimum absolute atomic E-state index is 0.0869. The number of nitrogens with two attached hydrogens (primary N) is 4. The molecular weight excluding hydrogens is 390 g/mol. The maximum absolute atomic E-state index is 11.8. The second-order valence-corrected chi connectivity index (χ2v) is 7.16. The number of carbonyl (C=O) groups excluding carboxylic acids is 2. The average Bonchev–Trinajstić information content (AvgIpc) is 2.62. The van der Waals surface area contributed by atoms with Crippen LogP contribution in [0.25, 0.3) is 21.8 Å². The molecule has 2 aromatic carbocycles. The van der Waals surface area contributed by atoms with Gasteiger partial charge in [-0.3, -0.25) is 4.55 Å². The fourth-order valence-electron chi connectivity index (χ4n) is 2.63. The molecule has 3 aromatic rings. The van der Waals surface area contributed by atoms with E-state index in [2.05, 4.69) is 4.98 Å². The van der Waals surface area contributed by atoms with Crippen LogP contribution in [0.1, 0.15) is 0 Å². The Kier molecular flexibility index (Phi) is 4.52. The van der Waals surface area contributed by atoms with Gasteiger partial charge in [0.2, 0.25) is 0 Å². The van der Waals surface area contributed by atoms with Crippen LogP contribution in [0, 0.1) is 0 Å². The molecule has 0 saturated heterocycles. The van der Waals surface area contributed by atoms with Gasteiger partial charge >= 0.3 is 12.1 Å². The number of hydrogen-bond donors (Lipinski definition) is 5. The molecule has 28 heavy (non-hydrogen) atoms. The molecule has 1 aromatic heterocycles. The number of rotatable bonds is 3. The third-order valence-electron chi connectivity index (χ3n) is 3.97. The zero-order chi connectivity index (χ0) is 20.8. The first-order chi connectivity index (χ1) is 13.0. The summed E-state index contributed by atoms with van der Waals surface area (Å²) in [7, 11) is -4.68. The standard InChI is InChI=1S/C15H15N7O5S/c16-14(23)21(18)8-2-1-7-3-10-12(20-11(7)4-8)5-9(22(19)15(17)24)6-13(10)28(25,26)27/h1-6H,18-19H2,(H2,16,23)(H2,17,24)(H,25,26,27). The molecule has 0 fully saturated rings. The Morgan fingerprint density at radius 2 is 1.46 bits per heavy atom. The lowest BCUT2D eigenvalue weighted by Crippen LogP contribution is -2.41. The number of urea groups is 2. The Labute approximate surface area is 158 Å². The molecule has 0 atom stereocenters. The number of primary amides is 2. The maximum Gasteiger partial charge on any atom is 0.333 e. The van der Waals surface area contributed by atoms with Crippen molar-refractivity contribution < 1.29 is 22.6 Å². The van der Waals surface area contributed by atoms with E-state index in [4.69, 9.17) is 23.2 Å². The largest absolute Gasteiger partial charge is 0.350 e. The molecule has 13 heteroatoms. The summed E-state index contributed by atoms with van der Waals surface area (Å²) in [6, 6.07) is 6.31. The van der Waals surface area contributed by atoms with Gasteiger partial charge in [0.25, 0.3) is 10.1 Å². The minimum Gasteiger partial charge on any atom is -0.350 e. The van der Waals surface area contributed by atoms with E-state index >= 15 is 0 Å². The van der Waals surface area contributed by atoms with E-state index in [1.807, 2.05) is 0 Å². The quantitative estimate of drug-likeness (QED) is 0.133. The highest BCUT2D eigenvalue weighted by Gasteiger charge is 2.20. The first-order valence-electron chi connectivity index (χ1n) is 7.53. The van der Waals surface area contributed by atoms with Crippen molar-refractivity contribution in [2.24, 2.45) is 23.2 Å². The first kappa shape index (κ1) is 19.2. The summed E-state index contributed by atoms with van der Waals surface area (Å²) in [5, 5.41) is 1.79. The van der Waals surface area contributed by atoms with Crippen LogP contribution in [-0.4, -0.2) is 30.0 Å². The van der Waals surface area contributed by atoms with Gasteiger partial charge in [0, 0.05) is 10.8 Å². The van der Waals surface area contributed by atoms with Crippen LogP contribution in [0.5, 0.6) is 0 Å². The van der Waals surface area contributed by atoms with Crippen LogP contribution in [0.3, 0.4) is 0 Å². The molecule has 146 valence electrons. The van der Waals surface area contributed by atoms with Gasteiger partial charge in [-0.15, -0.1) is 0 Å². The number of benzene rings is 2. The number of pyridine rings is 1. The zero-order valence-electron chi connectivity index (χ0n) is 14.1. The number of anilines is 2. The topological polar surface area (TPSA) is 212 Å². The van der Waals surface area contributed by atoms with Gasteiger partial charge in [-0.2, -0.15) is 8.42 Å². The summed E-state index contributed by atoms with van der Waals surface area (Å²) in [6.07, 6.45) is 0. The fourth-order valence-corrected chi connectivity index (χ4v) is 3.34. The highest BCUT2D eigenvalue weighted by atomic mass is 32.2. The Balaban J connectivity index is 2.34. The highest BCUT2D eigenvalue weighted by molar-refractivity contribution is 7.86. The van der Waals surface area contributed by atoms with E-state index in [1.165, 1.54) is 24.3 Å². The van der Waals surface area contributed by atoms with Gasteiger partial charge < -0.3 is 11.5 Å². The van der Waals surface area contributed by atoms with Crippen molar-refractivity contribution in [3.8, 4) is 0 Å². The molecule has 0 unspecified atom stereocenters. The number of fused-ring (bicyclic) bond motifs is 2. The Morgan fingerprint density at radius 3 is 2.04 bits per heavy atom. The van der Waals surface area contributed by atoms with Crippen LogP contribution in [0.2, 0.25) is 0 Å². The predicted octanol–water partition coefficient (Wildman–Crippen LogP) is 0.152. The highest BCUT2D eigenvalue weighted by Crippen LogP contribution is 2.31. The van der Waals surface area contributed by atoms with Crippen molar-refractivity contribution >= 4 is 55.4 Å². The second kappa shape index (κ2) is 6.58. The van der Waals surface area contributed by atoms with Crippen LogP contribution < -0.4 is 33.2 Å². The summed E-state index contributed by atoms with van der Waals surface area (Å²) in [5.41, 5.74) is 10.8. The molecule has 0 saturated carbocycles. The first-order valence-corrected chi connectivity index (χ1v) is 8.97. The molecule has 0 bridgehead atoms. The van der Waals surface area contributed by atoms with Gasteiger partial charge in [-0.25, -0.2) is 36.3 Å². The summed E-state index contributed by atoms with van der Waals surface area (Å²) in [6.45, 7) is 0. The predicted molar refractivity (Wildman–Crippen MR) is 102 cm³/mol. The SMILES string of the molecule is NC(=O)N(N)c1ccc2cc3c(S(=O)(=O)O)cc(N(N)C(N)=O)cc3nc2c1. The van der Waals surface area contributed by atoms with Gasteiger partial charge in [0.15, 0.2) is 0 Å². The van der Waals surface area contributed by atoms with E-state index in [0.717, 1.165) is 6.07 Å². The van der Waals surface area contributed by atoms with E-state index in [9.17, 15) is 22.6 Å².